The zero-order chi connectivity index (χ0) is 12.9. The maximum absolute atomic E-state index is 9.43. The van der Waals surface area contributed by atoms with Gasteiger partial charge < -0.3 is 14.7 Å². The van der Waals surface area contributed by atoms with Crippen LogP contribution in [-0.4, -0.2) is 32.4 Å². The SMILES string of the molecule is CCC(C)(CO)CN(C)c1cccc(OC)c1. The Balaban J connectivity index is 2.78. The Bertz CT molecular complexity index is 348. The standard InChI is InChI=1S/C14H23NO2/c1-5-14(2,11-16)10-15(3)12-7-6-8-13(9-12)17-4/h6-9,16H,5,10-11H2,1-4H3. The smallest absolute Gasteiger partial charge is 0.120 e. The van der Waals surface area contributed by atoms with E-state index in [-0.39, 0.29) is 12.0 Å². The zero-order valence-electron chi connectivity index (χ0n) is 11.2. The van der Waals surface area contributed by atoms with E-state index in [2.05, 4.69) is 24.8 Å². The fourth-order valence-electron chi connectivity index (χ4n) is 1.79. The van der Waals surface area contributed by atoms with Crippen molar-refractivity contribution in [3.05, 3.63) is 24.3 Å². The van der Waals surface area contributed by atoms with Gasteiger partial charge in [0.05, 0.1) is 13.7 Å². The molecule has 0 heterocycles. The normalized spacial score (nSPS) is 14.2. The van der Waals surface area contributed by atoms with E-state index in [0.29, 0.717) is 0 Å². The van der Waals surface area contributed by atoms with Crippen molar-refractivity contribution < 1.29 is 9.84 Å². The summed E-state index contributed by atoms with van der Waals surface area (Å²) in [5, 5.41) is 9.43. The highest BCUT2D eigenvalue weighted by molar-refractivity contribution is 5.50. The molecule has 0 aliphatic heterocycles. The number of rotatable bonds is 6. The molecule has 3 heteroatoms. The first-order valence-electron chi connectivity index (χ1n) is 6.00. The van der Waals surface area contributed by atoms with Crippen molar-refractivity contribution in [2.45, 2.75) is 20.3 Å². The summed E-state index contributed by atoms with van der Waals surface area (Å²) in [5.74, 6) is 0.858. The molecule has 0 saturated heterocycles. The van der Waals surface area contributed by atoms with E-state index in [1.807, 2.05) is 25.2 Å². The van der Waals surface area contributed by atoms with Crippen LogP contribution in [0.2, 0.25) is 0 Å². The van der Waals surface area contributed by atoms with Gasteiger partial charge in [0.1, 0.15) is 5.75 Å². The van der Waals surface area contributed by atoms with E-state index in [4.69, 9.17) is 4.74 Å². The molecule has 0 spiro atoms. The molecule has 0 amide bonds. The number of ether oxygens (including phenoxy) is 1. The van der Waals surface area contributed by atoms with E-state index in [1.165, 1.54) is 0 Å². The van der Waals surface area contributed by atoms with Crippen molar-refractivity contribution in [1.29, 1.82) is 0 Å². The lowest BCUT2D eigenvalue weighted by molar-refractivity contribution is 0.144. The number of aliphatic hydroxyl groups excluding tert-OH is 1. The zero-order valence-corrected chi connectivity index (χ0v) is 11.2. The summed E-state index contributed by atoms with van der Waals surface area (Å²) in [5.41, 5.74) is 1.05. The Labute approximate surface area is 104 Å². The summed E-state index contributed by atoms with van der Waals surface area (Å²) in [4.78, 5) is 2.15. The third-order valence-electron chi connectivity index (χ3n) is 3.35. The predicted molar refractivity (Wildman–Crippen MR) is 71.7 cm³/mol. The number of hydrogen-bond acceptors (Lipinski definition) is 3. The summed E-state index contributed by atoms with van der Waals surface area (Å²) in [6, 6.07) is 7.97. The van der Waals surface area contributed by atoms with Gasteiger partial charge in [0.25, 0.3) is 0 Å². The maximum Gasteiger partial charge on any atom is 0.120 e. The van der Waals surface area contributed by atoms with Crippen LogP contribution < -0.4 is 9.64 Å². The second kappa shape index (κ2) is 5.92. The fourth-order valence-corrected chi connectivity index (χ4v) is 1.79. The van der Waals surface area contributed by atoms with E-state index in [0.717, 1.165) is 24.4 Å². The van der Waals surface area contributed by atoms with Gasteiger partial charge >= 0.3 is 0 Å². The van der Waals surface area contributed by atoms with Gasteiger partial charge in [0, 0.05) is 30.8 Å². The minimum absolute atomic E-state index is 0.0577. The third kappa shape index (κ3) is 3.63. The molecule has 96 valence electrons. The molecule has 1 unspecified atom stereocenters. The van der Waals surface area contributed by atoms with Crippen LogP contribution in [-0.2, 0) is 0 Å². The van der Waals surface area contributed by atoms with Crippen LogP contribution in [0.5, 0.6) is 5.75 Å². The summed E-state index contributed by atoms with van der Waals surface area (Å²) in [7, 11) is 3.71. The van der Waals surface area contributed by atoms with Crippen molar-refractivity contribution >= 4 is 5.69 Å². The van der Waals surface area contributed by atoms with Gasteiger partial charge in [-0.2, -0.15) is 0 Å². The molecule has 0 radical (unpaired) electrons. The topological polar surface area (TPSA) is 32.7 Å². The minimum Gasteiger partial charge on any atom is -0.497 e. The Morgan fingerprint density at radius 1 is 1.41 bits per heavy atom. The van der Waals surface area contributed by atoms with Gasteiger partial charge in [-0.25, -0.2) is 0 Å². The summed E-state index contributed by atoms with van der Waals surface area (Å²) >= 11 is 0. The highest BCUT2D eigenvalue weighted by atomic mass is 16.5. The van der Waals surface area contributed by atoms with Crippen molar-refractivity contribution in [2.75, 3.05) is 32.2 Å². The minimum atomic E-state index is -0.0577. The second-order valence-electron chi connectivity index (χ2n) is 4.88. The van der Waals surface area contributed by atoms with Crippen LogP contribution in [0.4, 0.5) is 5.69 Å². The van der Waals surface area contributed by atoms with Gasteiger partial charge in [-0.1, -0.05) is 19.9 Å². The third-order valence-corrected chi connectivity index (χ3v) is 3.35. The molecule has 1 atom stereocenters. The number of benzene rings is 1. The van der Waals surface area contributed by atoms with E-state index in [1.54, 1.807) is 7.11 Å². The molecule has 0 saturated carbocycles. The lowest BCUT2D eigenvalue weighted by atomic mass is 9.88. The summed E-state index contributed by atoms with van der Waals surface area (Å²) in [6.45, 7) is 5.24. The van der Waals surface area contributed by atoms with Gasteiger partial charge in [0.15, 0.2) is 0 Å². The van der Waals surface area contributed by atoms with Crippen LogP contribution in [0.25, 0.3) is 0 Å². The van der Waals surface area contributed by atoms with Gasteiger partial charge in [-0.05, 0) is 18.6 Å². The molecule has 1 rings (SSSR count). The van der Waals surface area contributed by atoms with Crippen molar-refractivity contribution in [1.82, 2.24) is 0 Å². The maximum atomic E-state index is 9.43. The van der Waals surface area contributed by atoms with E-state index in [9.17, 15) is 5.11 Å². The summed E-state index contributed by atoms with van der Waals surface area (Å²) in [6.07, 6.45) is 0.956. The number of methoxy groups -OCH3 is 1. The average molecular weight is 237 g/mol. The van der Waals surface area contributed by atoms with Crippen LogP contribution in [0, 0.1) is 5.41 Å². The lowest BCUT2D eigenvalue weighted by Gasteiger charge is -2.32. The first-order valence-corrected chi connectivity index (χ1v) is 6.00. The molecule has 0 aliphatic rings. The van der Waals surface area contributed by atoms with Crippen molar-refractivity contribution in [3.8, 4) is 5.75 Å². The summed E-state index contributed by atoms with van der Waals surface area (Å²) < 4.78 is 5.21. The van der Waals surface area contributed by atoms with Crippen molar-refractivity contribution in [2.24, 2.45) is 5.41 Å². The number of anilines is 1. The fraction of sp³-hybridized carbons (Fsp3) is 0.571. The molecular formula is C14H23NO2. The van der Waals surface area contributed by atoms with Crippen molar-refractivity contribution in [3.63, 3.8) is 0 Å². The first-order chi connectivity index (χ1) is 8.04. The molecule has 0 bridgehead atoms. The molecule has 3 nitrogen and oxygen atoms in total. The molecule has 1 N–H and O–H groups in total. The Morgan fingerprint density at radius 2 is 2.12 bits per heavy atom. The molecule has 0 aliphatic carbocycles. The van der Waals surface area contributed by atoms with Crippen LogP contribution >= 0.6 is 0 Å². The average Bonchev–Trinajstić information content (AvgIpc) is 2.38. The van der Waals surface area contributed by atoms with Crippen LogP contribution in [0.3, 0.4) is 0 Å². The Morgan fingerprint density at radius 3 is 2.65 bits per heavy atom. The second-order valence-corrected chi connectivity index (χ2v) is 4.88. The number of hydrogen-bond donors (Lipinski definition) is 1. The Kier molecular flexibility index (Phi) is 4.82. The highest BCUT2D eigenvalue weighted by Gasteiger charge is 2.23. The molecule has 0 aromatic heterocycles. The molecule has 1 aromatic rings. The molecule has 0 fully saturated rings. The van der Waals surface area contributed by atoms with Crippen LogP contribution in [0.15, 0.2) is 24.3 Å². The van der Waals surface area contributed by atoms with Gasteiger partial charge in [-0.15, -0.1) is 0 Å². The Hall–Kier alpha value is -1.22. The monoisotopic (exact) mass is 237 g/mol. The molecule has 17 heavy (non-hydrogen) atoms. The predicted octanol–water partition coefficient (Wildman–Crippen LogP) is 2.54. The first kappa shape index (κ1) is 13.8. The quantitative estimate of drug-likeness (QED) is 0.825. The molecular weight excluding hydrogens is 214 g/mol. The highest BCUT2D eigenvalue weighted by Crippen LogP contribution is 2.26. The number of nitrogens with zero attached hydrogens (tertiary/aromatic N) is 1. The largest absolute Gasteiger partial charge is 0.497 e. The molecule has 1 aromatic carbocycles. The van der Waals surface area contributed by atoms with E-state index >= 15 is 0 Å². The van der Waals surface area contributed by atoms with Crippen LogP contribution in [0.1, 0.15) is 20.3 Å². The van der Waals surface area contributed by atoms with E-state index < -0.39 is 0 Å². The van der Waals surface area contributed by atoms with Gasteiger partial charge in [0.2, 0.25) is 0 Å². The van der Waals surface area contributed by atoms with Gasteiger partial charge in [-0.3, -0.25) is 0 Å². The lowest BCUT2D eigenvalue weighted by Crippen LogP contribution is -2.35. The number of aliphatic hydroxyl groups is 1.